The second kappa shape index (κ2) is 3.63. The quantitative estimate of drug-likeness (QED) is 0.661. The van der Waals surface area contributed by atoms with Gasteiger partial charge in [-0.3, -0.25) is 0 Å². The van der Waals surface area contributed by atoms with Crippen molar-refractivity contribution in [3.05, 3.63) is 23.7 Å². The fourth-order valence-corrected chi connectivity index (χ4v) is 2.94. The standard InChI is InChI=1S/C12H11N3OS/c1-6-4-8-9-10(11(16-3)14-5-13-9)17-12(8)15-7(6)2/h4-5H,1-3H3. The molecule has 0 aromatic carbocycles. The highest BCUT2D eigenvalue weighted by atomic mass is 32.1. The van der Waals surface area contributed by atoms with Crippen LogP contribution in [0.25, 0.3) is 20.4 Å². The SMILES string of the molecule is COc1ncnc2c1sc1nc(C)c(C)cc12. The van der Waals surface area contributed by atoms with Gasteiger partial charge < -0.3 is 4.74 Å². The summed E-state index contributed by atoms with van der Waals surface area (Å²) in [6, 6.07) is 2.13. The molecule has 0 aliphatic heterocycles. The van der Waals surface area contributed by atoms with Crippen LogP contribution in [0.2, 0.25) is 0 Å². The van der Waals surface area contributed by atoms with E-state index in [2.05, 4.69) is 27.9 Å². The number of aromatic nitrogens is 3. The number of ether oxygens (including phenoxy) is 1. The summed E-state index contributed by atoms with van der Waals surface area (Å²) in [6.07, 6.45) is 1.53. The molecule has 0 unspecified atom stereocenters. The largest absolute Gasteiger partial charge is 0.480 e. The van der Waals surface area contributed by atoms with E-state index in [1.807, 2.05) is 6.92 Å². The minimum Gasteiger partial charge on any atom is -0.480 e. The maximum absolute atomic E-state index is 5.25. The summed E-state index contributed by atoms with van der Waals surface area (Å²) in [4.78, 5) is 14.0. The lowest BCUT2D eigenvalue weighted by Gasteiger charge is -1.98. The molecule has 3 aromatic heterocycles. The van der Waals surface area contributed by atoms with Crippen molar-refractivity contribution >= 4 is 31.8 Å². The molecule has 0 aliphatic carbocycles. The summed E-state index contributed by atoms with van der Waals surface area (Å²) < 4.78 is 6.21. The number of hydrogen-bond donors (Lipinski definition) is 0. The van der Waals surface area contributed by atoms with Crippen molar-refractivity contribution in [1.82, 2.24) is 15.0 Å². The molecule has 0 radical (unpaired) electrons. The van der Waals surface area contributed by atoms with Gasteiger partial charge in [0, 0.05) is 11.1 Å². The van der Waals surface area contributed by atoms with Crippen LogP contribution in [0.1, 0.15) is 11.3 Å². The fourth-order valence-electron chi connectivity index (χ4n) is 1.81. The molecule has 0 fully saturated rings. The summed E-state index contributed by atoms with van der Waals surface area (Å²) in [5, 5.41) is 1.08. The highest BCUT2D eigenvalue weighted by molar-refractivity contribution is 7.25. The number of aryl methyl sites for hydroxylation is 2. The van der Waals surface area contributed by atoms with Crippen LogP contribution in [0.15, 0.2) is 12.4 Å². The zero-order valence-corrected chi connectivity index (χ0v) is 10.6. The van der Waals surface area contributed by atoms with Gasteiger partial charge in [-0.2, -0.15) is 0 Å². The molecule has 0 bridgehead atoms. The van der Waals surface area contributed by atoms with Crippen molar-refractivity contribution in [1.29, 1.82) is 0 Å². The third kappa shape index (κ3) is 1.46. The van der Waals surface area contributed by atoms with Crippen LogP contribution < -0.4 is 4.74 Å². The Bertz CT molecular complexity index is 720. The van der Waals surface area contributed by atoms with E-state index in [1.165, 1.54) is 11.9 Å². The Labute approximate surface area is 102 Å². The first-order valence-corrected chi connectivity index (χ1v) is 6.08. The number of fused-ring (bicyclic) bond motifs is 3. The van der Waals surface area contributed by atoms with E-state index < -0.39 is 0 Å². The normalized spacial score (nSPS) is 11.2. The third-order valence-corrected chi connectivity index (χ3v) is 3.93. The Hall–Kier alpha value is -1.75. The van der Waals surface area contributed by atoms with Crippen molar-refractivity contribution in [2.24, 2.45) is 0 Å². The van der Waals surface area contributed by atoms with Gasteiger partial charge in [-0.1, -0.05) is 0 Å². The van der Waals surface area contributed by atoms with Crippen LogP contribution in [-0.4, -0.2) is 22.1 Å². The molecule has 0 spiro atoms. The average molecular weight is 245 g/mol. The van der Waals surface area contributed by atoms with Gasteiger partial charge in [0.05, 0.1) is 12.6 Å². The molecule has 5 heteroatoms. The molecule has 0 amide bonds. The number of methoxy groups -OCH3 is 1. The lowest BCUT2D eigenvalue weighted by atomic mass is 10.2. The zero-order valence-electron chi connectivity index (χ0n) is 9.81. The van der Waals surface area contributed by atoms with E-state index in [4.69, 9.17) is 4.74 Å². The summed E-state index contributed by atoms with van der Waals surface area (Å²) in [5.41, 5.74) is 3.15. The van der Waals surface area contributed by atoms with Crippen LogP contribution in [0.4, 0.5) is 0 Å². The maximum atomic E-state index is 5.25. The molecule has 0 saturated heterocycles. The lowest BCUT2D eigenvalue weighted by molar-refractivity contribution is 0.403. The van der Waals surface area contributed by atoms with Crippen molar-refractivity contribution in [3.8, 4) is 5.88 Å². The Balaban J connectivity index is 2.50. The smallest absolute Gasteiger partial charge is 0.234 e. The maximum Gasteiger partial charge on any atom is 0.234 e. The van der Waals surface area contributed by atoms with Crippen LogP contribution in [-0.2, 0) is 0 Å². The summed E-state index contributed by atoms with van der Waals surface area (Å²) >= 11 is 1.57. The molecule has 3 rings (SSSR count). The molecular formula is C12H11N3OS. The molecule has 3 heterocycles. The number of thiophene rings is 1. The van der Waals surface area contributed by atoms with Crippen LogP contribution >= 0.6 is 11.3 Å². The van der Waals surface area contributed by atoms with Crippen LogP contribution in [0, 0.1) is 13.8 Å². The Morgan fingerprint density at radius 3 is 2.82 bits per heavy atom. The van der Waals surface area contributed by atoms with Gasteiger partial charge in [-0.05, 0) is 25.5 Å². The molecule has 86 valence electrons. The highest BCUT2D eigenvalue weighted by Crippen LogP contribution is 2.36. The number of nitrogens with zero attached hydrogens (tertiary/aromatic N) is 3. The predicted octanol–water partition coefficient (Wildman–Crippen LogP) is 2.86. The monoisotopic (exact) mass is 245 g/mol. The molecule has 3 aromatic rings. The van der Waals surface area contributed by atoms with Gasteiger partial charge in [0.2, 0.25) is 5.88 Å². The number of pyridine rings is 1. The van der Waals surface area contributed by atoms with Gasteiger partial charge in [0.25, 0.3) is 0 Å². The van der Waals surface area contributed by atoms with E-state index >= 15 is 0 Å². The van der Waals surface area contributed by atoms with E-state index in [9.17, 15) is 0 Å². The Morgan fingerprint density at radius 1 is 1.24 bits per heavy atom. The van der Waals surface area contributed by atoms with Crippen molar-refractivity contribution in [2.75, 3.05) is 7.11 Å². The van der Waals surface area contributed by atoms with Gasteiger partial charge in [0.15, 0.2) is 0 Å². The van der Waals surface area contributed by atoms with E-state index in [0.717, 1.165) is 26.1 Å². The molecule has 0 N–H and O–H groups in total. The average Bonchev–Trinajstić information content (AvgIpc) is 2.67. The van der Waals surface area contributed by atoms with Gasteiger partial charge >= 0.3 is 0 Å². The first kappa shape index (κ1) is 10.4. The van der Waals surface area contributed by atoms with Crippen molar-refractivity contribution < 1.29 is 4.74 Å². The number of rotatable bonds is 1. The first-order chi connectivity index (χ1) is 8.20. The van der Waals surface area contributed by atoms with Crippen molar-refractivity contribution in [2.45, 2.75) is 13.8 Å². The fraction of sp³-hybridized carbons (Fsp3) is 0.250. The van der Waals surface area contributed by atoms with E-state index in [0.29, 0.717) is 5.88 Å². The van der Waals surface area contributed by atoms with E-state index in [1.54, 1.807) is 18.4 Å². The summed E-state index contributed by atoms with van der Waals surface area (Å²) in [5.74, 6) is 0.619. The van der Waals surface area contributed by atoms with Gasteiger partial charge in [-0.25, -0.2) is 15.0 Å². The van der Waals surface area contributed by atoms with Gasteiger partial charge in [-0.15, -0.1) is 11.3 Å². The second-order valence-electron chi connectivity index (χ2n) is 3.91. The molecule has 4 nitrogen and oxygen atoms in total. The Kier molecular flexibility index (Phi) is 2.22. The Morgan fingerprint density at radius 2 is 2.06 bits per heavy atom. The minimum atomic E-state index is 0.619. The highest BCUT2D eigenvalue weighted by Gasteiger charge is 2.13. The van der Waals surface area contributed by atoms with E-state index in [-0.39, 0.29) is 0 Å². The predicted molar refractivity (Wildman–Crippen MR) is 68.7 cm³/mol. The number of hydrogen-bond acceptors (Lipinski definition) is 5. The molecule has 0 atom stereocenters. The van der Waals surface area contributed by atoms with Gasteiger partial charge in [0.1, 0.15) is 15.9 Å². The topological polar surface area (TPSA) is 47.9 Å². The first-order valence-electron chi connectivity index (χ1n) is 5.26. The zero-order chi connectivity index (χ0) is 12.0. The molecule has 0 saturated carbocycles. The molecule has 0 aliphatic rings. The summed E-state index contributed by atoms with van der Waals surface area (Å²) in [7, 11) is 1.62. The third-order valence-electron chi connectivity index (χ3n) is 2.85. The minimum absolute atomic E-state index is 0.619. The second-order valence-corrected chi connectivity index (χ2v) is 4.91. The molecule has 17 heavy (non-hydrogen) atoms. The van der Waals surface area contributed by atoms with Crippen LogP contribution in [0.3, 0.4) is 0 Å². The molecular weight excluding hydrogens is 234 g/mol. The van der Waals surface area contributed by atoms with Crippen molar-refractivity contribution in [3.63, 3.8) is 0 Å². The van der Waals surface area contributed by atoms with Crippen LogP contribution in [0.5, 0.6) is 5.88 Å². The lowest BCUT2D eigenvalue weighted by Crippen LogP contribution is -1.88. The summed E-state index contributed by atoms with van der Waals surface area (Å²) in [6.45, 7) is 4.08.